The van der Waals surface area contributed by atoms with E-state index in [-0.39, 0.29) is 0 Å². The number of aryl methyl sites for hydroxylation is 1. The van der Waals surface area contributed by atoms with Crippen LogP contribution in [-0.4, -0.2) is 25.8 Å². The summed E-state index contributed by atoms with van der Waals surface area (Å²) in [6.45, 7) is 3.73. The second-order valence-electron chi connectivity index (χ2n) is 3.98. The van der Waals surface area contributed by atoms with Crippen LogP contribution in [0.5, 0.6) is 0 Å². The molecule has 1 aromatic rings. The minimum Gasteiger partial charge on any atom is -0.481 e. The first kappa shape index (κ1) is 12.5. The normalized spacial score (nSPS) is 11.7. The van der Waals surface area contributed by atoms with Crippen molar-refractivity contribution in [3.05, 3.63) is 5.82 Å². The lowest BCUT2D eigenvalue weighted by molar-refractivity contribution is -0.149. The predicted octanol–water partition coefficient (Wildman–Crippen LogP) is 0.831. The van der Waals surface area contributed by atoms with Gasteiger partial charge in [0.25, 0.3) is 0 Å². The van der Waals surface area contributed by atoms with Crippen molar-refractivity contribution in [1.29, 1.82) is 0 Å². The van der Waals surface area contributed by atoms with Gasteiger partial charge in [0.1, 0.15) is 0 Å². The number of aromatic nitrogens is 3. The van der Waals surface area contributed by atoms with Crippen molar-refractivity contribution in [1.82, 2.24) is 14.8 Å². The first-order valence-corrected chi connectivity index (χ1v) is 5.34. The molecule has 6 nitrogen and oxygen atoms in total. The van der Waals surface area contributed by atoms with E-state index in [4.69, 9.17) is 5.73 Å². The zero-order valence-electron chi connectivity index (χ0n) is 9.90. The van der Waals surface area contributed by atoms with Gasteiger partial charge in [-0.15, -0.1) is 0 Å². The molecule has 0 aliphatic carbocycles. The van der Waals surface area contributed by atoms with Crippen LogP contribution in [0, 0.1) is 5.41 Å². The Hall–Kier alpha value is -1.59. The Labute approximate surface area is 94.5 Å². The fraction of sp³-hybridized carbons (Fsp3) is 0.700. The molecule has 0 saturated heterocycles. The third kappa shape index (κ3) is 2.15. The van der Waals surface area contributed by atoms with Gasteiger partial charge in [0.2, 0.25) is 5.95 Å². The molecule has 0 aromatic carbocycles. The molecule has 16 heavy (non-hydrogen) atoms. The number of anilines is 1. The molecule has 0 radical (unpaired) electrons. The summed E-state index contributed by atoms with van der Waals surface area (Å²) in [5, 5.41) is 13.4. The van der Waals surface area contributed by atoms with E-state index < -0.39 is 11.4 Å². The summed E-state index contributed by atoms with van der Waals surface area (Å²) in [5.41, 5.74) is 4.78. The van der Waals surface area contributed by atoms with E-state index in [9.17, 15) is 9.90 Å². The number of carboxylic acid groups (broad SMARTS) is 1. The van der Waals surface area contributed by atoms with Crippen LogP contribution in [0.1, 0.15) is 32.5 Å². The van der Waals surface area contributed by atoms with Crippen LogP contribution in [0.15, 0.2) is 0 Å². The summed E-state index contributed by atoms with van der Waals surface area (Å²) in [6.07, 6.45) is 1.42. The highest BCUT2D eigenvalue weighted by Gasteiger charge is 2.36. The molecule has 0 fully saturated rings. The van der Waals surface area contributed by atoms with Crippen LogP contribution in [0.2, 0.25) is 0 Å². The largest absolute Gasteiger partial charge is 0.481 e. The summed E-state index contributed by atoms with van der Waals surface area (Å²) in [6, 6.07) is 0. The molecular weight excluding hydrogens is 208 g/mol. The minimum atomic E-state index is -0.802. The number of rotatable bonds is 5. The van der Waals surface area contributed by atoms with Crippen LogP contribution in [0.25, 0.3) is 0 Å². The fourth-order valence-corrected chi connectivity index (χ4v) is 1.71. The maximum absolute atomic E-state index is 11.3. The number of hydrogen-bond donors (Lipinski definition) is 2. The Balaban J connectivity index is 2.96. The molecule has 0 saturated carbocycles. The van der Waals surface area contributed by atoms with E-state index in [1.54, 1.807) is 7.05 Å². The first-order valence-electron chi connectivity index (χ1n) is 5.34. The maximum Gasteiger partial charge on any atom is 0.310 e. The number of nitrogens with zero attached hydrogens (tertiary/aromatic N) is 3. The number of nitrogen functional groups attached to an aromatic ring is 1. The second-order valence-corrected chi connectivity index (χ2v) is 3.98. The van der Waals surface area contributed by atoms with Crippen LogP contribution >= 0.6 is 0 Å². The molecular formula is C10H18N4O2. The molecule has 0 unspecified atom stereocenters. The van der Waals surface area contributed by atoms with Gasteiger partial charge in [-0.25, -0.2) is 4.68 Å². The molecule has 3 N–H and O–H groups in total. The molecule has 1 heterocycles. The fourth-order valence-electron chi connectivity index (χ4n) is 1.71. The van der Waals surface area contributed by atoms with Crippen molar-refractivity contribution in [3.8, 4) is 0 Å². The smallest absolute Gasteiger partial charge is 0.310 e. The Bertz CT molecular complexity index is 363. The van der Waals surface area contributed by atoms with Gasteiger partial charge >= 0.3 is 5.97 Å². The molecule has 6 heteroatoms. The topological polar surface area (TPSA) is 94.0 Å². The molecule has 0 bridgehead atoms. The van der Waals surface area contributed by atoms with Crippen LogP contribution in [0.4, 0.5) is 5.95 Å². The van der Waals surface area contributed by atoms with Gasteiger partial charge in [-0.05, 0) is 12.8 Å². The Morgan fingerprint density at radius 1 is 1.50 bits per heavy atom. The lowest BCUT2D eigenvalue weighted by Gasteiger charge is -2.24. The number of hydrogen-bond acceptors (Lipinski definition) is 4. The number of aliphatic carboxylic acids is 1. The van der Waals surface area contributed by atoms with Crippen molar-refractivity contribution in [2.45, 2.75) is 33.1 Å². The van der Waals surface area contributed by atoms with Crippen LogP contribution in [-0.2, 0) is 18.3 Å². The zero-order valence-corrected chi connectivity index (χ0v) is 9.90. The summed E-state index contributed by atoms with van der Waals surface area (Å²) >= 11 is 0. The highest BCUT2D eigenvalue weighted by atomic mass is 16.4. The number of nitrogens with two attached hydrogens (primary N) is 1. The molecule has 0 amide bonds. The van der Waals surface area contributed by atoms with E-state index in [0.29, 0.717) is 31.0 Å². The average Bonchev–Trinajstić information content (AvgIpc) is 2.54. The highest BCUT2D eigenvalue weighted by Crippen LogP contribution is 2.30. The summed E-state index contributed by atoms with van der Waals surface area (Å²) < 4.78 is 1.45. The first-order chi connectivity index (χ1) is 7.45. The van der Waals surface area contributed by atoms with E-state index >= 15 is 0 Å². The molecule has 0 atom stereocenters. The van der Waals surface area contributed by atoms with E-state index in [1.165, 1.54) is 4.68 Å². The van der Waals surface area contributed by atoms with Crippen molar-refractivity contribution >= 4 is 11.9 Å². The summed E-state index contributed by atoms with van der Waals surface area (Å²) in [5.74, 6) is -0.00359. The number of carboxylic acids is 1. The van der Waals surface area contributed by atoms with Gasteiger partial charge in [-0.3, -0.25) is 4.79 Å². The van der Waals surface area contributed by atoms with Crippen molar-refractivity contribution < 1.29 is 9.90 Å². The van der Waals surface area contributed by atoms with Gasteiger partial charge in [0.05, 0.1) is 5.41 Å². The highest BCUT2D eigenvalue weighted by molar-refractivity contribution is 5.74. The van der Waals surface area contributed by atoms with Crippen LogP contribution in [0.3, 0.4) is 0 Å². The van der Waals surface area contributed by atoms with Gasteiger partial charge in [-0.1, -0.05) is 13.8 Å². The van der Waals surface area contributed by atoms with Gasteiger partial charge in [-0.2, -0.15) is 10.1 Å². The third-order valence-corrected chi connectivity index (χ3v) is 3.14. The number of carbonyl (C=O) groups is 1. The lowest BCUT2D eigenvalue weighted by Crippen LogP contribution is -2.32. The molecule has 90 valence electrons. The summed E-state index contributed by atoms with van der Waals surface area (Å²) in [4.78, 5) is 15.3. The SMILES string of the molecule is CCC(CC)(Cc1nc(N)n(C)n1)C(=O)O. The van der Waals surface area contributed by atoms with Crippen LogP contribution < -0.4 is 5.73 Å². The standard InChI is InChI=1S/C10H18N4O2/c1-4-10(5-2,8(15)16)6-7-12-9(11)14(3)13-7/h4-6H2,1-3H3,(H,15,16)(H2,11,12,13). The van der Waals surface area contributed by atoms with Crippen molar-refractivity contribution in [2.75, 3.05) is 5.73 Å². The quantitative estimate of drug-likeness (QED) is 0.775. The molecule has 0 aliphatic heterocycles. The monoisotopic (exact) mass is 226 g/mol. The van der Waals surface area contributed by atoms with E-state index in [2.05, 4.69) is 10.1 Å². The average molecular weight is 226 g/mol. The van der Waals surface area contributed by atoms with Crippen molar-refractivity contribution in [2.24, 2.45) is 12.5 Å². The predicted molar refractivity (Wildman–Crippen MR) is 59.8 cm³/mol. The van der Waals surface area contributed by atoms with E-state index in [1.807, 2.05) is 13.8 Å². The van der Waals surface area contributed by atoms with Gasteiger partial charge in [0.15, 0.2) is 5.82 Å². The lowest BCUT2D eigenvalue weighted by atomic mass is 9.79. The van der Waals surface area contributed by atoms with E-state index in [0.717, 1.165) is 0 Å². The summed E-state index contributed by atoms with van der Waals surface area (Å²) in [7, 11) is 1.69. The molecule has 1 aromatic heterocycles. The second kappa shape index (κ2) is 4.51. The van der Waals surface area contributed by atoms with Gasteiger partial charge < -0.3 is 10.8 Å². The Morgan fingerprint density at radius 3 is 2.38 bits per heavy atom. The van der Waals surface area contributed by atoms with Crippen molar-refractivity contribution in [3.63, 3.8) is 0 Å². The third-order valence-electron chi connectivity index (χ3n) is 3.14. The van der Waals surface area contributed by atoms with Gasteiger partial charge in [0, 0.05) is 13.5 Å². The Kier molecular flexibility index (Phi) is 3.51. The molecule has 0 aliphatic rings. The maximum atomic E-state index is 11.3. The zero-order chi connectivity index (χ0) is 12.3. The Morgan fingerprint density at radius 2 is 2.06 bits per heavy atom. The molecule has 0 spiro atoms. The molecule has 1 rings (SSSR count). The minimum absolute atomic E-state index is 0.307.